The summed E-state index contributed by atoms with van der Waals surface area (Å²) in [4.78, 5) is 20.4. The first-order valence-corrected chi connectivity index (χ1v) is 11.1. The van der Waals surface area contributed by atoms with Crippen LogP contribution in [0.2, 0.25) is 0 Å². The van der Waals surface area contributed by atoms with E-state index in [0.29, 0.717) is 33.9 Å². The van der Waals surface area contributed by atoms with Gasteiger partial charge in [-0.1, -0.05) is 12.1 Å². The number of primary amides is 1. The van der Waals surface area contributed by atoms with Gasteiger partial charge in [0.05, 0.1) is 18.6 Å². The van der Waals surface area contributed by atoms with Crippen molar-refractivity contribution in [2.45, 2.75) is 31.5 Å². The van der Waals surface area contributed by atoms with Crippen LogP contribution in [0.4, 0.5) is 11.5 Å². The molecule has 35 heavy (non-hydrogen) atoms. The van der Waals surface area contributed by atoms with Crippen molar-refractivity contribution in [1.29, 1.82) is 0 Å². The number of fused-ring (bicyclic) bond motifs is 1. The number of carbonyl (C=O) groups is 1. The second kappa shape index (κ2) is 8.99. The normalized spacial score (nSPS) is 21.8. The van der Waals surface area contributed by atoms with Crippen molar-refractivity contribution in [2.24, 2.45) is 5.73 Å². The average Bonchev–Trinajstić information content (AvgIpc) is 3.38. The fourth-order valence-electron chi connectivity index (χ4n) is 4.27. The number of aliphatic hydroxyl groups is 2. The Kier molecular flexibility index (Phi) is 5.85. The van der Waals surface area contributed by atoms with Gasteiger partial charge in [0.15, 0.2) is 6.23 Å². The maximum atomic E-state index is 11.4. The Morgan fingerprint density at radius 3 is 2.40 bits per heavy atom. The van der Waals surface area contributed by atoms with E-state index in [9.17, 15) is 15.0 Å². The monoisotopic (exact) mass is 475 g/mol. The highest BCUT2D eigenvalue weighted by atomic mass is 16.6. The first-order valence-electron chi connectivity index (χ1n) is 11.1. The number of aromatic nitrogens is 3. The highest BCUT2D eigenvalue weighted by Gasteiger charge is 2.42. The molecule has 1 saturated heterocycles. The number of benzene rings is 2. The van der Waals surface area contributed by atoms with Gasteiger partial charge in [-0.05, 0) is 48.9 Å². The molecule has 5 N–H and O–H groups in total. The molecule has 180 valence electrons. The summed E-state index contributed by atoms with van der Waals surface area (Å²) in [7, 11) is 1.60. The highest BCUT2D eigenvalue weighted by molar-refractivity contribution is 6.02. The van der Waals surface area contributed by atoms with Crippen LogP contribution < -0.4 is 15.8 Å². The topological polar surface area (TPSA) is 145 Å². The lowest BCUT2D eigenvalue weighted by molar-refractivity contribution is -0.0295. The molecule has 0 aliphatic carbocycles. The number of ether oxygens (including phenoxy) is 2. The summed E-state index contributed by atoms with van der Waals surface area (Å²) in [6, 6.07) is 14.3. The Morgan fingerprint density at radius 2 is 1.80 bits per heavy atom. The van der Waals surface area contributed by atoms with E-state index in [4.69, 9.17) is 15.2 Å². The minimum atomic E-state index is -1.13. The van der Waals surface area contributed by atoms with Crippen LogP contribution in [0, 0.1) is 0 Å². The minimum absolute atomic E-state index is 0.397. The Labute approximate surface area is 201 Å². The molecular formula is C25H25N5O5. The lowest BCUT2D eigenvalue weighted by Gasteiger charge is -2.17. The molecule has 0 spiro atoms. The van der Waals surface area contributed by atoms with Gasteiger partial charge in [0, 0.05) is 23.0 Å². The van der Waals surface area contributed by atoms with Crippen molar-refractivity contribution in [2.75, 3.05) is 12.4 Å². The summed E-state index contributed by atoms with van der Waals surface area (Å²) in [5.41, 5.74) is 8.63. The molecule has 3 heterocycles. The molecule has 4 atom stereocenters. The van der Waals surface area contributed by atoms with E-state index >= 15 is 0 Å². The number of rotatable bonds is 6. The smallest absolute Gasteiger partial charge is 0.248 e. The number of hydrogen-bond donors (Lipinski definition) is 4. The Morgan fingerprint density at radius 1 is 1.09 bits per heavy atom. The van der Waals surface area contributed by atoms with Gasteiger partial charge in [-0.15, -0.1) is 0 Å². The van der Waals surface area contributed by atoms with Gasteiger partial charge >= 0.3 is 0 Å². The van der Waals surface area contributed by atoms with Gasteiger partial charge in [-0.3, -0.25) is 4.79 Å². The predicted molar refractivity (Wildman–Crippen MR) is 129 cm³/mol. The molecule has 1 fully saturated rings. The molecule has 0 saturated carbocycles. The largest absolute Gasteiger partial charge is 0.497 e. The Balaban J connectivity index is 1.65. The van der Waals surface area contributed by atoms with E-state index in [0.717, 1.165) is 11.1 Å². The maximum absolute atomic E-state index is 11.4. The molecule has 1 aliphatic heterocycles. The summed E-state index contributed by atoms with van der Waals surface area (Å²) in [6.07, 6.45) is -0.270. The molecule has 1 amide bonds. The molecule has 4 aromatic rings. The number of carbonyl (C=O) groups excluding carboxylic acids is 1. The zero-order chi connectivity index (χ0) is 24.7. The van der Waals surface area contributed by atoms with Crippen LogP contribution in [0.15, 0.2) is 61.1 Å². The van der Waals surface area contributed by atoms with Crippen LogP contribution in [-0.2, 0) is 4.74 Å². The molecule has 2 aromatic carbocycles. The van der Waals surface area contributed by atoms with Crippen LogP contribution in [-0.4, -0.2) is 56.1 Å². The Bertz CT molecular complexity index is 1370. The van der Waals surface area contributed by atoms with E-state index < -0.39 is 30.4 Å². The zero-order valence-electron chi connectivity index (χ0n) is 19.1. The van der Waals surface area contributed by atoms with Crippen LogP contribution in [0.5, 0.6) is 5.75 Å². The second-order valence-electron chi connectivity index (χ2n) is 8.38. The molecule has 5 rings (SSSR count). The van der Waals surface area contributed by atoms with Crippen molar-refractivity contribution in [3.63, 3.8) is 0 Å². The fourth-order valence-corrected chi connectivity index (χ4v) is 4.27. The van der Waals surface area contributed by atoms with Crippen molar-refractivity contribution in [1.82, 2.24) is 14.5 Å². The molecule has 0 unspecified atom stereocenters. The number of methoxy groups -OCH3 is 1. The van der Waals surface area contributed by atoms with Crippen molar-refractivity contribution in [3.8, 4) is 16.9 Å². The van der Waals surface area contributed by atoms with E-state index in [-0.39, 0.29) is 0 Å². The molecule has 10 heteroatoms. The number of nitrogens with one attached hydrogen (secondary N) is 1. The number of hydrogen-bond acceptors (Lipinski definition) is 8. The maximum Gasteiger partial charge on any atom is 0.248 e. The van der Waals surface area contributed by atoms with Crippen LogP contribution in [0.1, 0.15) is 23.5 Å². The van der Waals surface area contributed by atoms with E-state index in [1.54, 1.807) is 42.9 Å². The van der Waals surface area contributed by atoms with Gasteiger partial charge < -0.3 is 35.3 Å². The molecular weight excluding hydrogens is 450 g/mol. The highest BCUT2D eigenvalue weighted by Crippen LogP contribution is 2.40. The lowest BCUT2D eigenvalue weighted by Crippen LogP contribution is -2.30. The van der Waals surface area contributed by atoms with Crippen molar-refractivity contribution < 1.29 is 24.5 Å². The minimum Gasteiger partial charge on any atom is -0.497 e. The summed E-state index contributed by atoms with van der Waals surface area (Å²) in [6.45, 7) is 1.71. The lowest BCUT2D eigenvalue weighted by atomic mass is 10.1. The summed E-state index contributed by atoms with van der Waals surface area (Å²) in [5, 5.41) is 24.9. The molecule has 0 radical (unpaired) electrons. The summed E-state index contributed by atoms with van der Waals surface area (Å²) in [5.74, 6) is 0.729. The molecule has 1 aliphatic rings. The van der Waals surface area contributed by atoms with E-state index in [1.165, 1.54) is 6.33 Å². The fraction of sp³-hybridized carbons (Fsp3) is 0.240. The van der Waals surface area contributed by atoms with Gasteiger partial charge in [0.1, 0.15) is 35.7 Å². The van der Waals surface area contributed by atoms with E-state index in [2.05, 4.69) is 15.3 Å². The third kappa shape index (κ3) is 4.08. The van der Waals surface area contributed by atoms with Gasteiger partial charge in [0.2, 0.25) is 5.91 Å². The van der Waals surface area contributed by atoms with Gasteiger partial charge in [-0.2, -0.15) is 0 Å². The first-order chi connectivity index (χ1) is 16.9. The first kappa shape index (κ1) is 22.8. The van der Waals surface area contributed by atoms with E-state index in [1.807, 2.05) is 30.5 Å². The standard InChI is InChI=1S/C25H25N5O5/c1-13-20(31)21(32)25(35-13)30-11-18(14-5-9-17(34-2)10-6-14)19-23(27-12-28-24(19)30)29-16-7-3-15(4-8-16)22(26)33/h3-13,20-21,25,31-32H,1-2H3,(H2,26,33)(H,27,28,29)/t13-,20-,21-,25-/m1/s1. The summed E-state index contributed by atoms with van der Waals surface area (Å²) < 4.78 is 12.9. The molecule has 10 nitrogen and oxygen atoms in total. The SMILES string of the molecule is COc1ccc(-c2cn([C@@H]3O[C@H](C)[C@@H](O)[C@H]3O)c3ncnc(Nc4ccc(C(N)=O)cc4)c23)cc1. The molecule has 2 aromatic heterocycles. The van der Waals surface area contributed by atoms with Crippen LogP contribution in [0.25, 0.3) is 22.2 Å². The predicted octanol–water partition coefficient (Wildman–Crippen LogP) is 2.59. The zero-order valence-corrected chi connectivity index (χ0v) is 19.1. The number of nitrogens with zero attached hydrogens (tertiary/aromatic N) is 3. The average molecular weight is 476 g/mol. The van der Waals surface area contributed by atoms with Crippen LogP contribution >= 0.6 is 0 Å². The van der Waals surface area contributed by atoms with Gasteiger partial charge in [-0.25, -0.2) is 9.97 Å². The quantitative estimate of drug-likeness (QED) is 0.333. The summed E-state index contributed by atoms with van der Waals surface area (Å²) >= 11 is 0. The number of aliphatic hydroxyl groups excluding tert-OH is 2. The third-order valence-corrected chi connectivity index (χ3v) is 6.19. The molecule has 0 bridgehead atoms. The number of anilines is 2. The van der Waals surface area contributed by atoms with Crippen LogP contribution in [0.3, 0.4) is 0 Å². The number of nitrogens with two attached hydrogens (primary N) is 1. The number of amides is 1. The van der Waals surface area contributed by atoms with Gasteiger partial charge in [0.25, 0.3) is 0 Å². The Hall–Kier alpha value is -3.99. The second-order valence-corrected chi connectivity index (χ2v) is 8.38. The van der Waals surface area contributed by atoms with Crippen molar-refractivity contribution >= 4 is 28.4 Å². The van der Waals surface area contributed by atoms with Crippen molar-refractivity contribution in [3.05, 3.63) is 66.6 Å². The third-order valence-electron chi connectivity index (χ3n) is 6.19.